The molecular formula is C24H60MoN6-6. The molecule has 0 atom stereocenters. The Hall–Kier alpha value is 0.448. The Kier molecular flexibility index (Phi) is 122. The van der Waals surface area contributed by atoms with Crippen molar-refractivity contribution >= 4 is 0 Å². The van der Waals surface area contributed by atoms with Crippen LogP contribution in [0.2, 0.25) is 0 Å². The normalized spacial score (nSPS) is 8.13. The number of hydrogen-bond acceptors (Lipinski definition) is 0. The van der Waals surface area contributed by atoms with Gasteiger partial charge in [-0.15, -0.1) is 0 Å². The topological polar surface area (TPSA) is 84.6 Å². The van der Waals surface area contributed by atoms with Crippen LogP contribution in [0.4, 0.5) is 0 Å². The Balaban J connectivity index is -0.0000000443. The van der Waals surface area contributed by atoms with E-state index in [0.29, 0.717) is 0 Å². The van der Waals surface area contributed by atoms with Crippen molar-refractivity contribution in [3.8, 4) is 0 Å². The molecule has 0 N–H and O–H groups in total. The molecule has 7 heteroatoms. The summed E-state index contributed by atoms with van der Waals surface area (Å²) in [7, 11) is 0. The van der Waals surface area contributed by atoms with Gasteiger partial charge in [-0.2, -0.15) is 78.5 Å². The molecule has 6 nitrogen and oxygen atoms in total. The van der Waals surface area contributed by atoms with Crippen molar-refractivity contribution in [2.45, 2.75) is 83.1 Å². The van der Waals surface area contributed by atoms with Gasteiger partial charge in [0.25, 0.3) is 0 Å². The van der Waals surface area contributed by atoms with Gasteiger partial charge in [0.1, 0.15) is 0 Å². The zero-order valence-electron chi connectivity index (χ0n) is 23.6. The second-order valence-corrected chi connectivity index (χ2v) is 5.14. The predicted octanol–water partition coefficient (Wildman–Crippen LogP) is 8.40. The van der Waals surface area contributed by atoms with E-state index in [1.165, 1.54) is 0 Å². The van der Waals surface area contributed by atoms with Crippen LogP contribution in [0.5, 0.6) is 0 Å². The van der Waals surface area contributed by atoms with E-state index in [-0.39, 0.29) is 21.1 Å². The SMILES string of the molecule is CC[N-]CC.CC[N-]CC.CC[N-]CC.CC[N-]CC.CC[N-]CC.CC[N-]CC.[Mo]. The molecule has 0 radical (unpaired) electrons. The summed E-state index contributed by atoms with van der Waals surface area (Å²) < 4.78 is 0. The van der Waals surface area contributed by atoms with Crippen molar-refractivity contribution in [1.29, 1.82) is 0 Å². The van der Waals surface area contributed by atoms with E-state index in [1.54, 1.807) is 0 Å². The van der Waals surface area contributed by atoms with Crippen LogP contribution in [0.25, 0.3) is 31.9 Å². The molecule has 0 aliphatic carbocycles. The van der Waals surface area contributed by atoms with Gasteiger partial charge < -0.3 is 31.9 Å². The van der Waals surface area contributed by atoms with Gasteiger partial charge in [0.2, 0.25) is 0 Å². The fraction of sp³-hybridized carbons (Fsp3) is 1.00. The van der Waals surface area contributed by atoms with Crippen LogP contribution in [-0.4, -0.2) is 78.5 Å². The fourth-order valence-corrected chi connectivity index (χ4v) is 1.34. The molecule has 0 rings (SSSR count). The Labute approximate surface area is 214 Å². The second-order valence-electron chi connectivity index (χ2n) is 5.14. The Morgan fingerprint density at radius 3 is 0.290 bits per heavy atom. The minimum atomic E-state index is 0. The van der Waals surface area contributed by atoms with Crippen molar-refractivity contribution < 1.29 is 21.1 Å². The van der Waals surface area contributed by atoms with Gasteiger partial charge in [-0.05, 0) is 0 Å². The Morgan fingerprint density at radius 1 is 0.226 bits per heavy atom. The molecule has 0 aromatic carbocycles. The predicted molar refractivity (Wildman–Crippen MR) is 147 cm³/mol. The monoisotopic (exact) mass is 530 g/mol. The molecule has 198 valence electrons. The zero-order valence-corrected chi connectivity index (χ0v) is 25.6. The van der Waals surface area contributed by atoms with E-state index in [0.717, 1.165) is 78.5 Å². The summed E-state index contributed by atoms with van der Waals surface area (Å²) in [6.45, 7) is 36.2. The molecule has 0 bridgehead atoms. The van der Waals surface area contributed by atoms with Crippen LogP contribution in [0.1, 0.15) is 83.1 Å². The van der Waals surface area contributed by atoms with E-state index in [4.69, 9.17) is 0 Å². The maximum Gasteiger partial charge on any atom is 0 e. The summed E-state index contributed by atoms with van der Waals surface area (Å²) in [5, 5.41) is 23.8. The average Bonchev–Trinajstić information content (AvgIpc) is 2.74. The average molecular weight is 529 g/mol. The van der Waals surface area contributed by atoms with Crippen LogP contribution in [-0.2, 0) is 21.1 Å². The quantitative estimate of drug-likeness (QED) is 0.228. The van der Waals surface area contributed by atoms with E-state index in [9.17, 15) is 0 Å². The van der Waals surface area contributed by atoms with Crippen LogP contribution >= 0.6 is 0 Å². The maximum absolute atomic E-state index is 3.97. The molecule has 0 unspecified atom stereocenters. The summed E-state index contributed by atoms with van der Waals surface area (Å²) in [6, 6.07) is 0. The summed E-state index contributed by atoms with van der Waals surface area (Å²) in [4.78, 5) is 0. The van der Waals surface area contributed by atoms with Gasteiger partial charge in [0.15, 0.2) is 0 Å². The molecule has 0 aliphatic rings. The van der Waals surface area contributed by atoms with Crippen LogP contribution in [0.3, 0.4) is 0 Å². The molecule has 31 heavy (non-hydrogen) atoms. The molecule has 0 saturated carbocycles. The first-order valence-corrected chi connectivity index (χ1v) is 12.3. The Morgan fingerprint density at radius 2 is 0.290 bits per heavy atom. The van der Waals surface area contributed by atoms with E-state index in [1.807, 2.05) is 83.1 Å². The van der Waals surface area contributed by atoms with Gasteiger partial charge in [-0.25, -0.2) is 0 Å². The smallest absolute Gasteiger partial charge is 0 e. The van der Waals surface area contributed by atoms with Gasteiger partial charge in [0.05, 0.1) is 0 Å². The first kappa shape index (κ1) is 48.8. The van der Waals surface area contributed by atoms with Crippen molar-refractivity contribution in [3.05, 3.63) is 31.9 Å². The fourth-order valence-electron chi connectivity index (χ4n) is 1.34. The van der Waals surface area contributed by atoms with Crippen molar-refractivity contribution in [1.82, 2.24) is 0 Å². The summed E-state index contributed by atoms with van der Waals surface area (Å²) in [5.74, 6) is 0. The molecule has 0 aromatic heterocycles. The first-order chi connectivity index (χ1) is 14.5. The van der Waals surface area contributed by atoms with Crippen LogP contribution in [0.15, 0.2) is 0 Å². The molecular weight excluding hydrogens is 468 g/mol. The zero-order chi connectivity index (χ0) is 24.7. The molecule has 0 aromatic rings. The van der Waals surface area contributed by atoms with Crippen molar-refractivity contribution in [2.75, 3.05) is 78.5 Å². The molecule has 0 fully saturated rings. The second kappa shape index (κ2) is 77.6. The molecule has 0 heterocycles. The standard InChI is InChI=1S/6C4H10N.Mo/c6*1-3-5-4-2;/h6*3-4H2,1-2H3;/q6*-1;. The van der Waals surface area contributed by atoms with Gasteiger partial charge >= 0.3 is 0 Å². The number of rotatable bonds is 12. The van der Waals surface area contributed by atoms with E-state index in [2.05, 4.69) is 31.9 Å². The van der Waals surface area contributed by atoms with Crippen LogP contribution < -0.4 is 0 Å². The largest absolute Gasteiger partial charge is 0.663 e. The van der Waals surface area contributed by atoms with Gasteiger partial charge in [-0.1, -0.05) is 83.1 Å². The van der Waals surface area contributed by atoms with Crippen LogP contribution in [0, 0.1) is 0 Å². The first-order valence-electron chi connectivity index (χ1n) is 12.3. The molecule has 0 spiro atoms. The third kappa shape index (κ3) is 159. The molecule has 0 saturated heterocycles. The minimum Gasteiger partial charge on any atom is -0.663 e. The molecule has 0 aliphatic heterocycles. The third-order valence-corrected chi connectivity index (χ3v) is 2.68. The number of nitrogens with zero attached hydrogens (tertiary/aromatic N) is 6. The maximum atomic E-state index is 3.97. The van der Waals surface area contributed by atoms with Crippen molar-refractivity contribution in [2.24, 2.45) is 0 Å². The summed E-state index contributed by atoms with van der Waals surface area (Å²) in [5.41, 5.74) is 0. The summed E-state index contributed by atoms with van der Waals surface area (Å²) >= 11 is 0. The number of hydrogen-bond donors (Lipinski definition) is 0. The van der Waals surface area contributed by atoms with Gasteiger partial charge in [-0.3, -0.25) is 0 Å². The van der Waals surface area contributed by atoms with Gasteiger partial charge in [0, 0.05) is 21.1 Å². The van der Waals surface area contributed by atoms with Crippen molar-refractivity contribution in [3.63, 3.8) is 0 Å². The van der Waals surface area contributed by atoms with E-state index < -0.39 is 0 Å². The Bertz CT molecular complexity index is 120. The minimum absolute atomic E-state index is 0. The van der Waals surface area contributed by atoms with E-state index >= 15 is 0 Å². The molecule has 0 amide bonds. The third-order valence-electron chi connectivity index (χ3n) is 2.68. The summed E-state index contributed by atoms with van der Waals surface area (Å²) in [6.07, 6.45) is 0.